The van der Waals surface area contributed by atoms with E-state index in [1.165, 1.54) is 6.07 Å². The molecule has 0 aliphatic heterocycles. The molecule has 1 rings (SSSR count). The molecule has 0 aliphatic carbocycles. The summed E-state index contributed by atoms with van der Waals surface area (Å²) in [6.45, 7) is 0. The van der Waals surface area contributed by atoms with Crippen LogP contribution in [0.15, 0.2) is 18.2 Å². The van der Waals surface area contributed by atoms with Crippen molar-refractivity contribution in [3.05, 3.63) is 23.9 Å². The van der Waals surface area contributed by atoms with Gasteiger partial charge in [0.15, 0.2) is 0 Å². The predicted molar refractivity (Wildman–Crippen MR) is 48.6 cm³/mol. The third kappa shape index (κ3) is 3.39. The number of amides is 1. The first-order valence-corrected chi connectivity index (χ1v) is 4.37. The zero-order valence-electron chi connectivity index (χ0n) is 7.31. The maximum atomic E-state index is 12.2. The molecule has 15 heavy (non-hydrogen) atoms. The van der Waals surface area contributed by atoms with Crippen LogP contribution in [-0.4, -0.2) is 16.8 Å². The first-order chi connectivity index (χ1) is 6.93. The van der Waals surface area contributed by atoms with E-state index in [1.807, 2.05) is 0 Å². The number of alkyl halides is 4. The van der Waals surface area contributed by atoms with Gasteiger partial charge in [-0.05, 0) is 12.1 Å². The fourth-order valence-corrected chi connectivity index (χ4v) is 0.905. The molecule has 0 saturated heterocycles. The molecule has 3 nitrogen and oxygen atoms in total. The highest BCUT2D eigenvalue weighted by atomic mass is 35.5. The third-order valence-electron chi connectivity index (χ3n) is 1.43. The minimum absolute atomic E-state index is 0.171. The molecule has 0 fully saturated rings. The predicted octanol–water partition coefficient (Wildman–Crippen LogP) is 2.28. The van der Waals surface area contributed by atoms with Gasteiger partial charge in [0, 0.05) is 0 Å². The Morgan fingerprint density at radius 3 is 2.67 bits per heavy atom. The van der Waals surface area contributed by atoms with E-state index in [1.54, 1.807) is 0 Å². The zero-order valence-corrected chi connectivity index (χ0v) is 8.06. The van der Waals surface area contributed by atoms with Gasteiger partial charge in [-0.2, -0.15) is 13.2 Å². The topological polar surface area (TPSA) is 42.0 Å². The minimum Gasteiger partial charge on any atom is -0.310 e. The minimum atomic E-state index is -4.53. The van der Waals surface area contributed by atoms with E-state index >= 15 is 0 Å². The Kier molecular flexibility index (Phi) is 3.52. The molecule has 0 unspecified atom stereocenters. The Bertz CT molecular complexity index is 367. The number of pyridine rings is 1. The van der Waals surface area contributed by atoms with Crippen molar-refractivity contribution in [1.29, 1.82) is 0 Å². The molecule has 0 aliphatic rings. The number of halogens is 4. The van der Waals surface area contributed by atoms with Crippen LogP contribution in [0.3, 0.4) is 0 Å². The second-order valence-electron chi connectivity index (χ2n) is 2.59. The van der Waals surface area contributed by atoms with Crippen molar-refractivity contribution in [2.75, 3.05) is 11.2 Å². The van der Waals surface area contributed by atoms with E-state index in [4.69, 9.17) is 11.6 Å². The average molecular weight is 239 g/mol. The number of nitrogens with zero attached hydrogens (tertiary/aromatic N) is 1. The molecule has 0 saturated carbocycles. The van der Waals surface area contributed by atoms with Gasteiger partial charge in [-0.25, -0.2) is 4.98 Å². The second-order valence-corrected chi connectivity index (χ2v) is 2.85. The second kappa shape index (κ2) is 4.48. The summed E-state index contributed by atoms with van der Waals surface area (Å²) in [6.07, 6.45) is -4.53. The average Bonchev–Trinajstić information content (AvgIpc) is 2.17. The summed E-state index contributed by atoms with van der Waals surface area (Å²) in [5.74, 6) is -1.11. The normalized spacial score (nSPS) is 11.2. The van der Waals surface area contributed by atoms with Gasteiger partial charge in [-0.1, -0.05) is 6.07 Å². The summed E-state index contributed by atoms with van der Waals surface area (Å²) in [5, 5.41) is 2.12. The van der Waals surface area contributed by atoms with Crippen LogP contribution in [0.5, 0.6) is 0 Å². The van der Waals surface area contributed by atoms with Crippen LogP contribution in [0.1, 0.15) is 5.69 Å². The number of rotatable bonds is 2. The Morgan fingerprint density at radius 2 is 2.13 bits per heavy atom. The monoisotopic (exact) mass is 238 g/mol. The molecular formula is C8H6ClF3N2O. The molecule has 1 aromatic heterocycles. The lowest BCUT2D eigenvalue weighted by Gasteiger charge is -2.07. The fraction of sp³-hybridized carbons (Fsp3) is 0.250. The number of carbonyl (C=O) groups excluding carboxylic acids is 1. The number of nitrogens with one attached hydrogen (secondary N) is 1. The van der Waals surface area contributed by atoms with Crippen molar-refractivity contribution in [2.45, 2.75) is 6.18 Å². The summed E-state index contributed by atoms with van der Waals surface area (Å²) in [4.78, 5) is 14.0. The molecule has 0 atom stereocenters. The van der Waals surface area contributed by atoms with Crippen LogP contribution in [0.25, 0.3) is 0 Å². The van der Waals surface area contributed by atoms with Crippen molar-refractivity contribution in [2.24, 2.45) is 0 Å². The van der Waals surface area contributed by atoms with Crippen LogP contribution < -0.4 is 5.32 Å². The standard InChI is InChI=1S/C8H6ClF3N2O/c9-4-7(15)14-6-3-1-2-5(13-6)8(10,11)12/h1-3H,4H2,(H,13,14,15). The highest BCUT2D eigenvalue weighted by Gasteiger charge is 2.32. The molecule has 1 aromatic rings. The molecular weight excluding hydrogens is 233 g/mol. The Balaban J connectivity index is 2.88. The highest BCUT2D eigenvalue weighted by Crippen LogP contribution is 2.28. The number of hydrogen-bond donors (Lipinski definition) is 1. The van der Waals surface area contributed by atoms with Gasteiger partial charge in [0.25, 0.3) is 0 Å². The van der Waals surface area contributed by atoms with Crippen molar-refractivity contribution in [3.63, 3.8) is 0 Å². The first-order valence-electron chi connectivity index (χ1n) is 3.83. The molecule has 1 N–H and O–H groups in total. The smallest absolute Gasteiger partial charge is 0.310 e. The van der Waals surface area contributed by atoms with Gasteiger partial charge in [0.2, 0.25) is 5.91 Å². The van der Waals surface area contributed by atoms with Gasteiger partial charge in [0.05, 0.1) is 0 Å². The van der Waals surface area contributed by atoms with E-state index < -0.39 is 17.8 Å². The molecule has 7 heteroatoms. The van der Waals surface area contributed by atoms with Crippen LogP contribution >= 0.6 is 11.6 Å². The number of hydrogen-bond acceptors (Lipinski definition) is 2. The van der Waals surface area contributed by atoms with Crippen molar-refractivity contribution in [3.8, 4) is 0 Å². The molecule has 0 bridgehead atoms. The van der Waals surface area contributed by atoms with E-state index in [-0.39, 0.29) is 11.7 Å². The highest BCUT2D eigenvalue weighted by molar-refractivity contribution is 6.28. The Hall–Kier alpha value is -1.30. The van der Waals surface area contributed by atoms with Crippen LogP contribution in [0.2, 0.25) is 0 Å². The van der Waals surface area contributed by atoms with E-state index in [0.717, 1.165) is 12.1 Å². The van der Waals surface area contributed by atoms with E-state index in [2.05, 4.69) is 10.3 Å². The Labute approximate surface area is 88.3 Å². The number of anilines is 1. The zero-order chi connectivity index (χ0) is 11.5. The maximum absolute atomic E-state index is 12.2. The SMILES string of the molecule is O=C(CCl)Nc1cccc(C(F)(F)F)n1. The largest absolute Gasteiger partial charge is 0.433 e. The summed E-state index contributed by atoms with van der Waals surface area (Å²) in [6, 6.07) is 3.22. The third-order valence-corrected chi connectivity index (χ3v) is 1.67. The molecule has 1 heterocycles. The molecule has 82 valence electrons. The molecule has 0 aromatic carbocycles. The summed E-state index contributed by atoms with van der Waals surface area (Å²) < 4.78 is 36.6. The Morgan fingerprint density at radius 1 is 1.47 bits per heavy atom. The molecule has 0 radical (unpaired) electrons. The lowest BCUT2D eigenvalue weighted by atomic mass is 10.3. The molecule has 1 amide bonds. The summed E-state index contributed by atoms with van der Waals surface area (Å²) in [5.41, 5.74) is -1.06. The van der Waals surface area contributed by atoms with Crippen molar-refractivity contribution < 1.29 is 18.0 Å². The van der Waals surface area contributed by atoms with Crippen LogP contribution in [0, 0.1) is 0 Å². The first kappa shape index (κ1) is 11.8. The number of carbonyl (C=O) groups is 1. The number of aromatic nitrogens is 1. The lowest BCUT2D eigenvalue weighted by molar-refractivity contribution is -0.141. The summed E-state index contributed by atoms with van der Waals surface area (Å²) in [7, 11) is 0. The maximum Gasteiger partial charge on any atom is 0.433 e. The van der Waals surface area contributed by atoms with Crippen LogP contribution in [0.4, 0.5) is 19.0 Å². The van der Waals surface area contributed by atoms with Crippen molar-refractivity contribution >= 4 is 23.3 Å². The van der Waals surface area contributed by atoms with Gasteiger partial charge in [-0.15, -0.1) is 11.6 Å². The lowest BCUT2D eigenvalue weighted by Crippen LogP contribution is -2.15. The summed E-state index contributed by atoms with van der Waals surface area (Å²) >= 11 is 5.17. The van der Waals surface area contributed by atoms with Gasteiger partial charge in [0.1, 0.15) is 17.4 Å². The quantitative estimate of drug-likeness (QED) is 0.803. The van der Waals surface area contributed by atoms with Gasteiger partial charge >= 0.3 is 6.18 Å². The fourth-order valence-electron chi connectivity index (χ4n) is 0.838. The van der Waals surface area contributed by atoms with Gasteiger partial charge < -0.3 is 5.32 Å². The van der Waals surface area contributed by atoms with Crippen LogP contribution in [-0.2, 0) is 11.0 Å². The molecule has 0 spiro atoms. The van der Waals surface area contributed by atoms with E-state index in [9.17, 15) is 18.0 Å². The van der Waals surface area contributed by atoms with Crippen molar-refractivity contribution in [1.82, 2.24) is 4.98 Å². The van der Waals surface area contributed by atoms with Gasteiger partial charge in [-0.3, -0.25) is 4.79 Å². The van der Waals surface area contributed by atoms with E-state index in [0.29, 0.717) is 0 Å².